The Labute approximate surface area is 82.7 Å². The lowest BCUT2D eigenvalue weighted by atomic mass is 10.2. The topological polar surface area (TPSA) is 50.9 Å². The molecular weight excluding hydrogens is 174 g/mol. The maximum absolute atomic E-state index is 7.64. The summed E-state index contributed by atoms with van der Waals surface area (Å²) in [6, 6.07) is 7.81. The maximum atomic E-state index is 7.64. The summed E-state index contributed by atoms with van der Waals surface area (Å²) in [5, 5.41) is 15.3. The van der Waals surface area contributed by atoms with Gasteiger partial charge in [0.05, 0.1) is 0 Å². The van der Waals surface area contributed by atoms with Crippen LogP contribution in [0.25, 0.3) is 0 Å². The monoisotopic (exact) mass is 185 g/mol. The van der Waals surface area contributed by atoms with Crippen LogP contribution in [0.3, 0.4) is 0 Å². The van der Waals surface area contributed by atoms with E-state index >= 15 is 0 Å². The number of nitrogens with zero attached hydrogens (tertiary/aromatic N) is 1. The number of hydrogen-bond donors (Lipinski definition) is 2. The van der Waals surface area contributed by atoms with Crippen molar-refractivity contribution < 1.29 is 0 Å². The number of hydrogen-bond acceptors (Lipinski definition) is 2. The first-order chi connectivity index (χ1) is 6.68. The third-order valence-corrected chi connectivity index (χ3v) is 2.14. The molecule has 70 valence electrons. The molecule has 1 aliphatic rings. The number of amidine groups is 2. The molecule has 0 atom stereocenters. The molecule has 14 heavy (non-hydrogen) atoms. The molecule has 0 spiro atoms. The standard InChI is InChI=1S/C11H11N3/c1-8-3-2-4-9(7-8)14-10(12)5-6-11(14)13/h2-7,12-13H,1H3. The summed E-state index contributed by atoms with van der Waals surface area (Å²) in [5.74, 6) is 0.696. The number of rotatable bonds is 1. The van der Waals surface area contributed by atoms with Crippen molar-refractivity contribution in [2.24, 2.45) is 0 Å². The number of anilines is 1. The molecule has 0 saturated carbocycles. The predicted molar refractivity (Wildman–Crippen MR) is 58.3 cm³/mol. The minimum atomic E-state index is 0.348. The van der Waals surface area contributed by atoms with Gasteiger partial charge in [-0.05, 0) is 36.8 Å². The highest BCUT2D eigenvalue weighted by Gasteiger charge is 2.18. The van der Waals surface area contributed by atoms with Gasteiger partial charge in [0.25, 0.3) is 0 Å². The van der Waals surface area contributed by atoms with Crippen LogP contribution in [0, 0.1) is 17.7 Å². The van der Waals surface area contributed by atoms with Gasteiger partial charge in [0.1, 0.15) is 11.7 Å². The van der Waals surface area contributed by atoms with Crippen LogP contribution in [0.4, 0.5) is 5.69 Å². The second-order valence-corrected chi connectivity index (χ2v) is 3.28. The number of nitrogens with one attached hydrogen (secondary N) is 2. The van der Waals surface area contributed by atoms with Crippen molar-refractivity contribution in [1.82, 2.24) is 0 Å². The van der Waals surface area contributed by atoms with Crippen LogP contribution in [0.5, 0.6) is 0 Å². The summed E-state index contributed by atoms with van der Waals surface area (Å²) in [6.45, 7) is 2.00. The minimum Gasteiger partial charge on any atom is -0.284 e. The van der Waals surface area contributed by atoms with Crippen LogP contribution in [-0.2, 0) is 0 Å². The number of benzene rings is 1. The van der Waals surface area contributed by atoms with E-state index in [1.54, 1.807) is 17.1 Å². The van der Waals surface area contributed by atoms with Crippen molar-refractivity contribution in [3.05, 3.63) is 42.0 Å². The molecule has 0 unspecified atom stereocenters. The molecule has 3 nitrogen and oxygen atoms in total. The smallest absolute Gasteiger partial charge is 0.131 e. The van der Waals surface area contributed by atoms with Crippen molar-refractivity contribution in [1.29, 1.82) is 10.8 Å². The molecule has 2 rings (SSSR count). The van der Waals surface area contributed by atoms with Gasteiger partial charge in [-0.25, -0.2) is 0 Å². The van der Waals surface area contributed by atoms with Crippen LogP contribution in [0.2, 0.25) is 0 Å². The van der Waals surface area contributed by atoms with Crippen LogP contribution in [0.1, 0.15) is 5.56 Å². The molecule has 0 amide bonds. The van der Waals surface area contributed by atoms with Crippen LogP contribution < -0.4 is 4.90 Å². The molecule has 0 bridgehead atoms. The van der Waals surface area contributed by atoms with E-state index < -0.39 is 0 Å². The molecule has 0 radical (unpaired) electrons. The number of aryl methyl sites for hydroxylation is 1. The molecule has 1 aliphatic heterocycles. The molecule has 1 aromatic rings. The lowest BCUT2D eigenvalue weighted by molar-refractivity contribution is 1.32. The SMILES string of the molecule is Cc1cccc(N2C(=N)C=CC2=N)c1. The Morgan fingerprint density at radius 3 is 2.29 bits per heavy atom. The van der Waals surface area contributed by atoms with Gasteiger partial charge < -0.3 is 0 Å². The average molecular weight is 185 g/mol. The fourth-order valence-corrected chi connectivity index (χ4v) is 1.48. The van der Waals surface area contributed by atoms with Gasteiger partial charge >= 0.3 is 0 Å². The zero-order valence-electron chi connectivity index (χ0n) is 7.91. The van der Waals surface area contributed by atoms with E-state index in [1.165, 1.54) is 0 Å². The summed E-state index contributed by atoms with van der Waals surface area (Å²) >= 11 is 0. The van der Waals surface area contributed by atoms with E-state index in [4.69, 9.17) is 10.8 Å². The van der Waals surface area contributed by atoms with E-state index in [0.717, 1.165) is 11.3 Å². The largest absolute Gasteiger partial charge is 0.284 e. The molecule has 0 saturated heterocycles. The van der Waals surface area contributed by atoms with Crippen LogP contribution in [0.15, 0.2) is 36.4 Å². The quantitative estimate of drug-likeness (QED) is 0.693. The summed E-state index contributed by atoms with van der Waals surface area (Å²) in [6.07, 6.45) is 3.26. The summed E-state index contributed by atoms with van der Waals surface area (Å²) in [4.78, 5) is 1.60. The van der Waals surface area contributed by atoms with Crippen LogP contribution in [-0.4, -0.2) is 11.7 Å². The molecule has 0 aliphatic carbocycles. The predicted octanol–water partition coefficient (Wildman–Crippen LogP) is 2.33. The molecular formula is C11H11N3. The third-order valence-electron chi connectivity index (χ3n) is 2.14. The Morgan fingerprint density at radius 2 is 1.71 bits per heavy atom. The summed E-state index contributed by atoms with van der Waals surface area (Å²) in [5.41, 5.74) is 2.01. The fraction of sp³-hybridized carbons (Fsp3) is 0.0909. The van der Waals surface area contributed by atoms with Crippen molar-refractivity contribution in [2.45, 2.75) is 6.92 Å². The van der Waals surface area contributed by atoms with Gasteiger partial charge in [0, 0.05) is 5.69 Å². The van der Waals surface area contributed by atoms with Gasteiger partial charge in [0.2, 0.25) is 0 Å². The maximum Gasteiger partial charge on any atom is 0.131 e. The molecule has 3 heteroatoms. The van der Waals surface area contributed by atoms with Gasteiger partial charge in [0.15, 0.2) is 0 Å². The van der Waals surface area contributed by atoms with Crippen LogP contribution >= 0.6 is 0 Å². The zero-order valence-corrected chi connectivity index (χ0v) is 7.91. The van der Waals surface area contributed by atoms with E-state index in [2.05, 4.69) is 0 Å². The lowest BCUT2D eigenvalue weighted by Crippen LogP contribution is -2.28. The highest BCUT2D eigenvalue weighted by Crippen LogP contribution is 2.19. The van der Waals surface area contributed by atoms with Gasteiger partial charge in [-0.15, -0.1) is 0 Å². The van der Waals surface area contributed by atoms with Gasteiger partial charge in [-0.3, -0.25) is 15.7 Å². The Morgan fingerprint density at radius 1 is 1.07 bits per heavy atom. The Hall–Kier alpha value is -1.90. The molecule has 2 N–H and O–H groups in total. The first-order valence-electron chi connectivity index (χ1n) is 4.40. The van der Waals surface area contributed by atoms with Crippen molar-refractivity contribution >= 4 is 17.4 Å². The third kappa shape index (κ3) is 1.33. The molecule has 0 fully saturated rings. The Bertz CT molecular complexity index is 414. The van der Waals surface area contributed by atoms with Gasteiger partial charge in [-0.1, -0.05) is 12.1 Å². The first kappa shape index (κ1) is 8.69. The van der Waals surface area contributed by atoms with E-state index in [1.807, 2.05) is 31.2 Å². The fourth-order valence-electron chi connectivity index (χ4n) is 1.48. The highest BCUT2D eigenvalue weighted by atomic mass is 15.2. The van der Waals surface area contributed by atoms with Gasteiger partial charge in [-0.2, -0.15) is 0 Å². The highest BCUT2D eigenvalue weighted by molar-refractivity contribution is 6.30. The normalized spacial score (nSPS) is 15.4. The Kier molecular flexibility index (Phi) is 1.93. The Balaban J connectivity index is 2.41. The first-order valence-corrected chi connectivity index (χ1v) is 4.40. The van der Waals surface area contributed by atoms with Crippen molar-refractivity contribution in [2.75, 3.05) is 4.90 Å². The van der Waals surface area contributed by atoms with E-state index in [9.17, 15) is 0 Å². The molecule has 1 aromatic carbocycles. The lowest BCUT2D eigenvalue weighted by Gasteiger charge is -2.18. The summed E-state index contributed by atoms with van der Waals surface area (Å²) < 4.78 is 0. The van der Waals surface area contributed by atoms with E-state index in [-0.39, 0.29) is 0 Å². The average Bonchev–Trinajstić information content (AvgIpc) is 2.46. The zero-order chi connectivity index (χ0) is 10.1. The second kappa shape index (κ2) is 3.10. The summed E-state index contributed by atoms with van der Waals surface area (Å²) in [7, 11) is 0. The van der Waals surface area contributed by atoms with Crippen molar-refractivity contribution in [3.63, 3.8) is 0 Å². The molecule has 0 aromatic heterocycles. The molecule has 1 heterocycles. The van der Waals surface area contributed by atoms with Crippen molar-refractivity contribution in [3.8, 4) is 0 Å². The second-order valence-electron chi connectivity index (χ2n) is 3.28. The minimum absolute atomic E-state index is 0.348. The van der Waals surface area contributed by atoms with E-state index in [0.29, 0.717) is 11.7 Å².